The molecule has 0 saturated carbocycles. The zero-order valence-electron chi connectivity index (χ0n) is 37.3. The fraction of sp³-hybridized carbons (Fsp3) is 0.0182. The van der Waals surface area contributed by atoms with Crippen molar-refractivity contribution in [3.63, 3.8) is 0 Å². The molecule has 0 aliphatic carbocycles. The van der Waals surface area contributed by atoms with Gasteiger partial charge in [0.25, 0.3) is 0 Å². The second-order valence-electron chi connectivity index (χ2n) is 14.3. The molecule has 0 aromatic heterocycles. The molecule has 0 aliphatic rings. The molecule has 374 valence electrons. The lowest BCUT2D eigenvalue weighted by Gasteiger charge is -2.04. The van der Waals surface area contributed by atoms with E-state index in [-0.39, 0.29) is 27.8 Å². The predicted octanol–water partition coefficient (Wildman–Crippen LogP) is 4.91. The third-order valence-corrected chi connectivity index (χ3v) is 9.33. The Hall–Kier alpha value is -9.48. The third-order valence-electron chi connectivity index (χ3n) is 9.08. The smallest absolute Gasteiger partial charge is 0.159 e. The molecule has 0 unspecified atom stereocenters. The van der Waals surface area contributed by atoms with Crippen LogP contribution in [0, 0.1) is 29.1 Å². The molecule has 12 nitrogen and oxygen atoms in total. The fourth-order valence-corrected chi connectivity index (χ4v) is 5.61. The van der Waals surface area contributed by atoms with Crippen LogP contribution >= 0.6 is 11.6 Å². The number of hydrogen-bond acceptors (Lipinski definition) is 12. The van der Waals surface area contributed by atoms with Crippen LogP contribution < -0.4 is 30.6 Å². The lowest BCUT2D eigenvalue weighted by atomic mass is 10.0. The summed E-state index contributed by atoms with van der Waals surface area (Å²) in [6.45, 7) is 0. The van der Waals surface area contributed by atoms with Crippen LogP contribution in [0.3, 0.4) is 0 Å². The van der Waals surface area contributed by atoms with Crippen LogP contribution in [0.2, 0.25) is 5.02 Å². The maximum atomic E-state index is 12.3. The highest BCUT2D eigenvalue weighted by Crippen LogP contribution is 2.19. The van der Waals surface area contributed by atoms with Crippen molar-refractivity contribution in [2.24, 2.45) is 0 Å². The molecule has 0 amide bonds. The van der Waals surface area contributed by atoms with Gasteiger partial charge in [0.15, 0.2) is 11.6 Å². The summed E-state index contributed by atoms with van der Waals surface area (Å²) in [5.74, 6) is -12.4. The van der Waals surface area contributed by atoms with Gasteiger partial charge in [0.05, 0.1) is 35.8 Å². The van der Waals surface area contributed by atoms with Gasteiger partial charge in [0, 0.05) is 22.2 Å². The van der Waals surface area contributed by atoms with E-state index < -0.39 is 70.5 Å². The van der Waals surface area contributed by atoms with Crippen molar-refractivity contribution < 1.29 is 81.4 Å². The highest BCUT2D eigenvalue weighted by Gasteiger charge is 2.03. The van der Waals surface area contributed by atoms with Crippen molar-refractivity contribution in [2.45, 2.75) is 6.42 Å². The summed E-state index contributed by atoms with van der Waals surface area (Å²) in [5, 5.41) is 62.0. The average molecular weight is 1020 g/mol. The third kappa shape index (κ3) is 21.4. The number of carbonyl (C=O) groups excluding carboxylic acids is 6. The molecule has 0 spiro atoms. The number of aromatic carboxylic acids is 6. The summed E-state index contributed by atoms with van der Waals surface area (Å²) >= 11 is 5.50. The van der Waals surface area contributed by atoms with E-state index in [4.69, 9.17) is 11.6 Å². The normalized spacial score (nSPS) is 9.67. The molecule has 18 heteroatoms. The number of rotatable bonds is 9. The lowest BCUT2D eigenvalue weighted by molar-refractivity contribution is -0.256. The van der Waals surface area contributed by atoms with Crippen molar-refractivity contribution in [1.29, 1.82) is 0 Å². The maximum Gasteiger partial charge on any atom is 0.159 e. The van der Waals surface area contributed by atoms with Gasteiger partial charge in [-0.15, -0.1) is 0 Å². The van der Waals surface area contributed by atoms with E-state index in [2.05, 4.69) is 0 Å². The van der Waals surface area contributed by atoms with Gasteiger partial charge in [-0.2, -0.15) is 0 Å². The van der Waals surface area contributed by atoms with Gasteiger partial charge in [-0.25, -0.2) is 22.0 Å². The standard InChI is InChI=1S/C14H12O2.C13H10O2.C7H5ClO2.2C7H4F2O2.C7H5FO2/c15-14(16)13-8-6-12(7-9-13)10-11-4-2-1-3-5-11;14-13(15)12-8-6-11(7-9-12)10-4-2-1-3-5-10;8-6-3-1-5(2-4-6)7(9)10;8-5-1-4(7(10)11)2-6(9)3-5;8-5-2-1-4(7(10)11)3-6(5)9;8-6-3-1-5(2-4-6)7(9)10/h1-9H,10H2,(H,15,16);1-9H,(H,14,15);1-4H,(H,9,10);2*1-3H,(H,10,11);1-4H,(H,9,10)/p-6. The van der Waals surface area contributed by atoms with Gasteiger partial charge in [-0.1, -0.05) is 151 Å². The van der Waals surface area contributed by atoms with Crippen molar-refractivity contribution in [3.05, 3.63) is 273 Å². The Kier molecular flexibility index (Phi) is 23.4. The molecule has 0 atom stereocenters. The van der Waals surface area contributed by atoms with E-state index in [1.165, 1.54) is 29.8 Å². The zero-order chi connectivity index (χ0) is 54.0. The monoisotopic (exact) mass is 1020 g/mol. The summed E-state index contributed by atoms with van der Waals surface area (Å²) in [6, 6.07) is 47.8. The minimum Gasteiger partial charge on any atom is -0.545 e. The van der Waals surface area contributed by atoms with Crippen molar-refractivity contribution in [1.82, 2.24) is 0 Å². The summed E-state index contributed by atoms with van der Waals surface area (Å²) < 4.78 is 61.1. The minimum absolute atomic E-state index is 0.0126. The quantitative estimate of drug-likeness (QED) is 0.175. The Bertz CT molecular complexity index is 3010. The van der Waals surface area contributed by atoms with Gasteiger partial charge >= 0.3 is 0 Å². The summed E-state index contributed by atoms with van der Waals surface area (Å²) in [6.07, 6.45) is 0.814. The predicted molar refractivity (Wildman–Crippen MR) is 244 cm³/mol. The van der Waals surface area contributed by atoms with Crippen molar-refractivity contribution in [2.75, 3.05) is 0 Å². The first kappa shape index (κ1) is 57.8. The highest BCUT2D eigenvalue weighted by atomic mass is 35.5. The Morgan fingerprint density at radius 3 is 1.07 bits per heavy atom. The summed E-state index contributed by atoms with van der Waals surface area (Å²) in [5.41, 5.74) is 4.06. The first-order chi connectivity index (χ1) is 34.6. The van der Waals surface area contributed by atoms with Gasteiger partial charge in [0.2, 0.25) is 0 Å². The fourth-order valence-electron chi connectivity index (χ4n) is 5.49. The van der Waals surface area contributed by atoms with E-state index in [0.717, 1.165) is 59.5 Å². The van der Waals surface area contributed by atoms with E-state index in [1.54, 1.807) is 36.4 Å². The molecule has 0 heterocycles. The zero-order valence-corrected chi connectivity index (χ0v) is 38.1. The summed E-state index contributed by atoms with van der Waals surface area (Å²) in [4.78, 5) is 61.5. The number of carboxylic acids is 6. The van der Waals surface area contributed by atoms with Crippen molar-refractivity contribution in [3.8, 4) is 11.1 Å². The first-order valence-corrected chi connectivity index (χ1v) is 21.0. The highest BCUT2D eigenvalue weighted by molar-refractivity contribution is 6.30. The van der Waals surface area contributed by atoms with Crippen LogP contribution in [-0.2, 0) is 6.42 Å². The largest absolute Gasteiger partial charge is 0.545 e. The molecule has 8 aromatic rings. The van der Waals surface area contributed by atoms with Crippen molar-refractivity contribution >= 4 is 47.4 Å². The van der Waals surface area contributed by atoms with Crippen LogP contribution in [0.5, 0.6) is 0 Å². The van der Waals surface area contributed by atoms with Gasteiger partial charge in [0.1, 0.15) is 17.5 Å². The van der Waals surface area contributed by atoms with Crippen LogP contribution in [0.4, 0.5) is 22.0 Å². The molecule has 0 saturated heterocycles. The molecule has 0 N–H and O–H groups in total. The van der Waals surface area contributed by atoms with Gasteiger partial charge < -0.3 is 59.4 Å². The number of carbonyl (C=O) groups is 6. The SMILES string of the molecule is O=C([O-])c1cc(F)cc(F)c1.O=C([O-])c1ccc(-c2ccccc2)cc1.O=C([O-])c1ccc(Cc2ccccc2)cc1.O=C([O-])c1ccc(Cl)cc1.O=C([O-])c1ccc(F)c(F)c1.O=C([O-])c1ccc(F)cc1. The van der Waals surface area contributed by atoms with E-state index >= 15 is 0 Å². The molecule has 8 rings (SSSR count). The minimum atomic E-state index is -1.59. The Morgan fingerprint density at radius 1 is 0.315 bits per heavy atom. The first-order valence-electron chi connectivity index (χ1n) is 20.6. The molecular weight excluding hydrogens is 983 g/mol. The number of hydrogen-bond donors (Lipinski definition) is 0. The van der Waals surface area contributed by atoms with Gasteiger partial charge in [-0.05, 0) is 99.5 Å². The number of carboxylic acid groups (broad SMARTS) is 6. The molecule has 8 aromatic carbocycles. The van der Waals surface area contributed by atoms with Gasteiger partial charge in [-0.3, -0.25) is 0 Å². The Balaban J connectivity index is 0.000000234. The number of halogens is 6. The van der Waals surface area contributed by atoms with Crippen LogP contribution in [0.25, 0.3) is 11.1 Å². The molecule has 0 bridgehead atoms. The Morgan fingerprint density at radius 2 is 0.658 bits per heavy atom. The van der Waals surface area contributed by atoms with E-state index in [1.807, 2.05) is 72.8 Å². The van der Waals surface area contributed by atoms with Crippen LogP contribution in [0.15, 0.2) is 194 Å². The average Bonchev–Trinajstić information content (AvgIpc) is 3.36. The Labute approximate surface area is 417 Å². The second-order valence-corrected chi connectivity index (χ2v) is 14.8. The molecule has 0 fully saturated rings. The van der Waals surface area contributed by atoms with Crippen LogP contribution in [0.1, 0.15) is 73.3 Å². The summed E-state index contributed by atoms with van der Waals surface area (Å²) in [7, 11) is 0. The van der Waals surface area contributed by atoms with E-state index in [9.17, 15) is 81.4 Å². The second kappa shape index (κ2) is 29.5. The lowest BCUT2D eigenvalue weighted by Crippen LogP contribution is -2.22. The molecular formula is C55H34ClF5O12-6. The topological polar surface area (TPSA) is 241 Å². The molecule has 73 heavy (non-hydrogen) atoms. The number of benzene rings is 8. The van der Waals surface area contributed by atoms with Crippen LogP contribution in [-0.4, -0.2) is 35.8 Å². The molecule has 0 aliphatic heterocycles. The molecule has 0 radical (unpaired) electrons. The van der Waals surface area contributed by atoms with E-state index in [0.29, 0.717) is 29.3 Å². The maximum absolute atomic E-state index is 12.3.